The molecule has 0 radical (unpaired) electrons. The average molecular weight is 364 g/mol. The number of nitrogens with one attached hydrogen (secondary N) is 2. The molecule has 4 rings (SSSR count). The largest absolute Gasteiger partial charge is 0.506 e. The first-order valence-electron chi connectivity index (χ1n) is 9.32. The van der Waals surface area contributed by atoms with Crippen LogP contribution in [0.2, 0.25) is 0 Å². The number of fused-ring (bicyclic) bond motifs is 2. The number of H-pyrrole nitrogens is 1. The van der Waals surface area contributed by atoms with Gasteiger partial charge >= 0.3 is 0 Å². The van der Waals surface area contributed by atoms with Crippen molar-refractivity contribution in [3.63, 3.8) is 0 Å². The summed E-state index contributed by atoms with van der Waals surface area (Å²) in [6.45, 7) is 4.83. The summed E-state index contributed by atoms with van der Waals surface area (Å²) in [6, 6.07) is 15.0. The molecular formula is C22H24N2O3. The van der Waals surface area contributed by atoms with Crippen LogP contribution in [0.1, 0.15) is 48.5 Å². The Morgan fingerprint density at radius 2 is 1.70 bits per heavy atom. The maximum absolute atomic E-state index is 11.6. The number of hydrogen-bond donors (Lipinski definition) is 4. The van der Waals surface area contributed by atoms with Crippen molar-refractivity contribution in [2.45, 2.75) is 37.8 Å². The van der Waals surface area contributed by atoms with Crippen molar-refractivity contribution in [2.75, 3.05) is 6.54 Å². The second-order valence-electron chi connectivity index (χ2n) is 7.44. The zero-order chi connectivity index (χ0) is 19.1. The highest BCUT2D eigenvalue weighted by Gasteiger charge is 2.35. The van der Waals surface area contributed by atoms with Crippen molar-refractivity contribution in [3.8, 4) is 5.75 Å². The van der Waals surface area contributed by atoms with Crippen LogP contribution in [-0.2, 0) is 0 Å². The van der Waals surface area contributed by atoms with Crippen LogP contribution >= 0.6 is 0 Å². The van der Waals surface area contributed by atoms with Gasteiger partial charge in [0, 0.05) is 24.0 Å². The molecule has 4 N–H and O–H groups in total. The molecule has 5 heteroatoms. The molecule has 0 saturated carbocycles. The Hall–Kier alpha value is -2.63. The van der Waals surface area contributed by atoms with Gasteiger partial charge in [0.05, 0.1) is 11.6 Å². The van der Waals surface area contributed by atoms with Crippen LogP contribution in [0.4, 0.5) is 0 Å². The topological polar surface area (TPSA) is 85.3 Å². The zero-order valence-corrected chi connectivity index (χ0v) is 15.4. The van der Waals surface area contributed by atoms with Crippen LogP contribution in [0.3, 0.4) is 0 Å². The minimum Gasteiger partial charge on any atom is -0.506 e. The van der Waals surface area contributed by atoms with Crippen molar-refractivity contribution >= 4 is 10.9 Å². The molecule has 3 aromatic rings. The first-order chi connectivity index (χ1) is 13.0. The van der Waals surface area contributed by atoms with Gasteiger partial charge in [-0.15, -0.1) is 0 Å². The molecule has 1 heterocycles. The number of aromatic amines is 1. The normalized spacial score (nSPS) is 22.7. The molecule has 140 valence electrons. The molecule has 4 atom stereocenters. The van der Waals surface area contributed by atoms with Gasteiger partial charge in [0.1, 0.15) is 5.75 Å². The summed E-state index contributed by atoms with van der Waals surface area (Å²) in [5.74, 6) is 0.743. The maximum atomic E-state index is 11.6. The highest BCUT2D eigenvalue weighted by molar-refractivity contribution is 5.87. The predicted octanol–water partition coefficient (Wildman–Crippen LogP) is 3.15. The molecule has 2 aromatic carbocycles. The predicted molar refractivity (Wildman–Crippen MR) is 106 cm³/mol. The van der Waals surface area contributed by atoms with Crippen LogP contribution < -0.4 is 10.9 Å². The van der Waals surface area contributed by atoms with E-state index in [0.29, 0.717) is 34.8 Å². The number of hydrogen-bond acceptors (Lipinski definition) is 4. The Kier molecular flexibility index (Phi) is 4.50. The van der Waals surface area contributed by atoms with E-state index < -0.39 is 6.10 Å². The fourth-order valence-electron chi connectivity index (χ4n) is 4.42. The van der Waals surface area contributed by atoms with Gasteiger partial charge in [-0.3, -0.25) is 4.79 Å². The molecular weight excluding hydrogens is 340 g/mol. The van der Waals surface area contributed by atoms with Crippen LogP contribution in [0.15, 0.2) is 53.3 Å². The highest BCUT2D eigenvalue weighted by Crippen LogP contribution is 2.41. The summed E-state index contributed by atoms with van der Waals surface area (Å²) in [5, 5.41) is 25.0. The molecule has 0 bridgehead atoms. The Bertz CT molecular complexity index is 1010. The summed E-state index contributed by atoms with van der Waals surface area (Å²) >= 11 is 0. The number of aliphatic hydroxyl groups is 1. The number of aromatic nitrogens is 1. The standard InChI is InChI=1S/C22H24N2O3/c1-12-14-5-3-4-6-15(14)13(2)21(12)23-11-19(26)16-7-9-18(25)22-17(16)8-10-20(27)24-22/h3-10,12-13,19,21,23,25-26H,11H2,1-2H3,(H,24,27)/t12-,13+,19-,21?/m0/s1. The Morgan fingerprint density at radius 1 is 1.04 bits per heavy atom. The van der Waals surface area contributed by atoms with Crippen molar-refractivity contribution < 1.29 is 10.2 Å². The van der Waals surface area contributed by atoms with Crippen molar-refractivity contribution in [2.24, 2.45) is 0 Å². The number of benzene rings is 2. The molecule has 1 unspecified atom stereocenters. The van der Waals surface area contributed by atoms with E-state index in [4.69, 9.17) is 0 Å². The number of rotatable bonds is 4. The van der Waals surface area contributed by atoms with Crippen LogP contribution in [0.5, 0.6) is 5.75 Å². The minimum atomic E-state index is -0.748. The molecule has 5 nitrogen and oxygen atoms in total. The van der Waals surface area contributed by atoms with Crippen molar-refractivity contribution in [1.29, 1.82) is 0 Å². The fraction of sp³-hybridized carbons (Fsp3) is 0.318. The molecule has 0 amide bonds. The quantitative estimate of drug-likeness (QED) is 0.573. The Morgan fingerprint density at radius 3 is 2.37 bits per heavy atom. The highest BCUT2D eigenvalue weighted by atomic mass is 16.3. The van der Waals surface area contributed by atoms with Crippen LogP contribution in [0, 0.1) is 0 Å². The van der Waals surface area contributed by atoms with Crippen LogP contribution in [0.25, 0.3) is 10.9 Å². The molecule has 0 saturated heterocycles. The molecule has 0 fully saturated rings. The summed E-state index contributed by atoms with van der Waals surface area (Å²) < 4.78 is 0. The first kappa shape index (κ1) is 17.8. The molecule has 0 aliphatic heterocycles. The van der Waals surface area contributed by atoms with Crippen molar-refractivity contribution in [1.82, 2.24) is 10.3 Å². The van der Waals surface area contributed by atoms with E-state index in [9.17, 15) is 15.0 Å². The summed E-state index contributed by atoms with van der Waals surface area (Å²) in [5.41, 5.74) is 3.49. The number of aliphatic hydroxyl groups excluding tert-OH is 1. The van der Waals surface area contributed by atoms with Gasteiger partial charge in [-0.25, -0.2) is 0 Å². The minimum absolute atomic E-state index is 0.0000890. The van der Waals surface area contributed by atoms with Gasteiger partial charge in [0.15, 0.2) is 0 Å². The lowest BCUT2D eigenvalue weighted by atomic mass is 9.96. The average Bonchev–Trinajstić information content (AvgIpc) is 2.91. The van der Waals surface area contributed by atoms with Gasteiger partial charge < -0.3 is 20.5 Å². The van der Waals surface area contributed by atoms with Gasteiger partial charge in [0.25, 0.3) is 0 Å². The SMILES string of the molecule is C[C@@H]1c2ccccc2[C@H](C)C1NC[C@H](O)c1ccc(O)c2[nH]c(=O)ccc12. The second-order valence-corrected chi connectivity index (χ2v) is 7.44. The maximum Gasteiger partial charge on any atom is 0.248 e. The molecule has 1 aromatic heterocycles. The van der Waals surface area contributed by atoms with Gasteiger partial charge in [0.2, 0.25) is 5.56 Å². The monoisotopic (exact) mass is 364 g/mol. The van der Waals surface area contributed by atoms with Crippen LogP contribution in [-0.4, -0.2) is 27.8 Å². The van der Waals surface area contributed by atoms with E-state index in [1.165, 1.54) is 23.3 Å². The zero-order valence-electron chi connectivity index (χ0n) is 15.4. The third kappa shape index (κ3) is 3.03. The van der Waals surface area contributed by atoms with E-state index in [1.807, 2.05) is 0 Å². The van der Waals surface area contributed by atoms with E-state index in [2.05, 4.69) is 48.4 Å². The van der Waals surface area contributed by atoms with E-state index in [-0.39, 0.29) is 17.4 Å². The third-order valence-corrected chi connectivity index (χ3v) is 5.87. The van der Waals surface area contributed by atoms with Gasteiger partial charge in [-0.05, 0) is 40.7 Å². The van der Waals surface area contributed by atoms with Gasteiger partial charge in [-0.2, -0.15) is 0 Å². The lowest BCUT2D eigenvalue weighted by Gasteiger charge is -2.24. The number of phenols is 1. The summed E-state index contributed by atoms with van der Waals surface area (Å²) in [4.78, 5) is 14.2. The summed E-state index contributed by atoms with van der Waals surface area (Å²) in [7, 11) is 0. The number of pyridine rings is 1. The Labute approximate surface area is 157 Å². The number of phenolic OH excluding ortho intramolecular Hbond substituents is 1. The first-order valence-corrected chi connectivity index (χ1v) is 9.32. The lowest BCUT2D eigenvalue weighted by Crippen LogP contribution is -2.36. The molecule has 1 aliphatic carbocycles. The molecule has 27 heavy (non-hydrogen) atoms. The molecule has 1 aliphatic rings. The van der Waals surface area contributed by atoms with E-state index in [0.717, 1.165) is 0 Å². The fourth-order valence-corrected chi connectivity index (χ4v) is 4.42. The van der Waals surface area contributed by atoms with Crippen molar-refractivity contribution in [3.05, 3.63) is 75.6 Å². The third-order valence-electron chi connectivity index (χ3n) is 5.87. The summed E-state index contributed by atoms with van der Waals surface area (Å²) in [6.07, 6.45) is -0.748. The molecule has 0 spiro atoms. The Balaban J connectivity index is 1.56. The van der Waals surface area contributed by atoms with E-state index >= 15 is 0 Å². The lowest BCUT2D eigenvalue weighted by molar-refractivity contribution is 0.168. The van der Waals surface area contributed by atoms with Gasteiger partial charge in [-0.1, -0.05) is 44.2 Å². The second kappa shape index (κ2) is 6.83. The smallest absolute Gasteiger partial charge is 0.248 e. The van der Waals surface area contributed by atoms with E-state index in [1.54, 1.807) is 12.1 Å². The number of aromatic hydroxyl groups is 1.